The maximum absolute atomic E-state index is 14.1. The Kier molecular flexibility index (Phi) is 11.6. The second kappa shape index (κ2) is 14.4. The summed E-state index contributed by atoms with van der Waals surface area (Å²) in [5.41, 5.74) is 4.86. The van der Waals surface area contributed by atoms with Gasteiger partial charge in [0, 0.05) is 6.04 Å². The topological polar surface area (TPSA) is 66.4 Å². The quantitative estimate of drug-likeness (QED) is 0.176. The van der Waals surface area contributed by atoms with E-state index in [-0.39, 0.29) is 24.0 Å². The minimum absolute atomic E-state index is 0.122. The number of rotatable bonds is 14. The van der Waals surface area contributed by atoms with E-state index in [0.29, 0.717) is 12.1 Å². The Balaban J connectivity index is 1.51. The van der Waals surface area contributed by atoms with Crippen LogP contribution in [-0.4, -0.2) is 43.8 Å². The number of sulfone groups is 1. The van der Waals surface area contributed by atoms with Crippen LogP contribution in [0.15, 0.2) is 36.4 Å². The van der Waals surface area contributed by atoms with Crippen molar-refractivity contribution in [1.82, 2.24) is 5.32 Å². The smallest absolute Gasteiger partial charge is 0.390 e. The van der Waals surface area contributed by atoms with Crippen molar-refractivity contribution in [1.29, 1.82) is 0 Å². The zero-order valence-corrected chi connectivity index (χ0v) is 23.6. The van der Waals surface area contributed by atoms with Gasteiger partial charge in [-0.2, -0.15) is 13.2 Å². The summed E-state index contributed by atoms with van der Waals surface area (Å²) < 4.78 is 88.2. The predicted molar refractivity (Wildman–Crippen MR) is 149 cm³/mol. The lowest BCUT2D eigenvalue weighted by Gasteiger charge is -2.17. The molecule has 3 rings (SSSR count). The number of nitrogens with one attached hydrogen (secondary N) is 1. The number of unbranched alkanes of at least 4 members (excludes halogenated alkanes) is 3. The summed E-state index contributed by atoms with van der Waals surface area (Å²) in [5, 5.41) is 13.2. The van der Waals surface area contributed by atoms with Crippen LogP contribution in [0.3, 0.4) is 0 Å². The number of phenolic OH excluding ortho intramolecular Hbond substituents is 1. The molecule has 40 heavy (non-hydrogen) atoms. The van der Waals surface area contributed by atoms with Gasteiger partial charge in [-0.25, -0.2) is 17.2 Å². The summed E-state index contributed by atoms with van der Waals surface area (Å²) in [4.78, 5) is 0. The highest BCUT2D eigenvalue weighted by Crippen LogP contribution is 2.40. The monoisotopic (exact) mass is 587 g/mol. The first kappa shape index (κ1) is 32.1. The zero-order chi connectivity index (χ0) is 29.3. The summed E-state index contributed by atoms with van der Waals surface area (Å²) in [6, 6.07) is 9.24. The molecule has 0 spiro atoms. The third-order valence-electron chi connectivity index (χ3n) is 7.32. The van der Waals surface area contributed by atoms with Gasteiger partial charge < -0.3 is 10.4 Å². The molecule has 1 aliphatic rings. The Hall–Kier alpha value is -2.46. The molecule has 0 radical (unpaired) electrons. The number of benzene rings is 2. The van der Waals surface area contributed by atoms with Gasteiger partial charge in [-0.3, -0.25) is 0 Å². The van der Waals surface area contributed by atoms with Crippen LogP contribution < -0.4 is 5.32 Å². The van der Waals surface area contributed by atoms with Crippen LogP contribution in [0, 0.1) is 11.6 Å². The Morgan fingerprint density at radius 1 is 0.950 bits per heavy atom. The number of alkyl halides is 3. The molecular weight excluding hydrogens is 549 g/mol. The molecule has 1 unspecified atom stereocenters. The Bertz CT molecular complexity index is 1270. The van der Waals surface area contributed by atoms with Crippen molar-refractivity contribution in [2.45, 2.75) is 83.4 Å². The highest BCUT2D eigenvalue weighted by atomic mass is 32.2. The van der Waals surface area contributed by atoms with E-state index in [2.05, 4.69) is 5.32 Å². The van der Waals surface area contributed by atoms with Gasteiger partial charge in [-0.1, -0.05) is 25.0 Å². The summed E-state index contributed by atoms with van der Waals surface area (Å²) in [7, 11) is -3.74. The minimum atomic E-state index is -4.48. The second-order valence-corrected chi connectivity index (χ2v) is 12.9. The van der Waals surface area contributed by atoms with Crippen molar-refractivity contribution < 1.29 is 35.5 Å². The standard InChI is InChI=1S/C30H38F5NO3S/c1-21(14-17-40(38,39)18-15-30(33,34)35)36-16-5-3-2-4-8-27-25(23-10-13-28(31)29(32)20-23)9-6-7-22-19-24(37)11-12-26(22)27/h10-13,19-21,36-37H,2-9,14-18H2,1H3. The van der Waals surface area contributed by atoms with Crippen LogP contribution in [0.4, 0.5) is 22.0 Å². The van der Waals surface area contributed by atoms with E-state index in [1.807, 2.05) is 13.0 Å². The Labute approximate surface area is 233 Å². The van der Waals surface area contributed by atoms with Gasteiger partial charge in [0.15, 0.2) is 21.5 Å². The lowest BCUT2D eigenvalue weighted by Crippen LogP contribution is -2.30. The fraction of sp³-hybridized carbons (Fsp3) is 0.533. The molecular formula is C30H38F5NO3S. The molecule has 0 bridgehead atoms. The average molecular weight is 588 g/mol. The van der Waals surface area contributed by atoms with Gasteiger partial charge in [0.25, 0.3) is 0 Å². The van der Waals surface area contributed by atoms with E-state index < -0.39 is 39.8 Å². The van der Waals surface area contributed by atoms with Gasteiger partial charge in [0.05, 0.1) is 17.9 Å². The fourth-order valence-corrected chi connectivity index (χ4v) is 6.56. The maximum Gasteiger partial charge on any atom is 0.390 e. The van der Waals surface area contributed by atoms with Crippen LogP contribution in [0.2, 0.25) is 0 Å². The molecule has 222 valence electrons. The first-order chi connectivity index (χ1) is 18.8. The molecule has 1 aliphatic carbocycles. The zero-order valence-electron chi connectivity index (χ0n) is 22.8. The first-order valence-electron chi connectivity index (χ1n) is 13.8. The Morgan fingerprint density at radius 2 is 1.70 bits per heavy atom. The van der Waals surface area contributed by atoms with Crippen molar-refractivity contribution in [2.75, 3.05) is 18.1 Å². The van der Waals surface area contributed by atoms with Crippen LogP contribution in [-0.2, 0) is 16.3 Å². The van der Waals surface area contributed by atoms with Gasteiger partial charge in [0.1, 0.15) is 5.75 Å². The number of aromatic hydroxyl groups is 1. The molecule has 0 amide bonds. The maximum atomic E-state index is 14.1. The number of hydrogen-bond acceptors (Lipinski definition) is 4. The van der Waals surface area contributed by atoms with Gasteiger partial charge in [-0.15, -0.1) is 0 Å². The van der Waals surface area contributed by atoms with E-state index in [9.17, 15) is 35.5 Å². The molecule has 2 aromatic carbocycles. The Morgan fingerprint density at radius 3 is 2.42 bits per heavy atom. The van der Waals surface area contributed by atoms with Crippen molar-refractivity contribution in [2.24, 2.45) is 0 Å². The van der Waals surface area contributed by atoms with Crippen molar-refractivity contribution >= 4 is 21.0 Å². The number of hydrogen-bond donors (Lipinski definition) is 2. The van der Waals surface area contributed by atoms with Crippen molar-refractivity contribution in [3.8, 4) is 5.75 Å². The molecule has 0 heterocycles. The molecule has 0 aliphatic heterocycles. The third-order valence-corrected chi connectivity index (χ3v) is 9.01. The number of fused-ring (bicyclic) bond motifs is 1. The summed E-state index contributed by atoms with van der Waals surface area (Å²) in [6.07, 6.45) is 1.19. The molecule has 10 heteroatoms. The number of halogens is 5. The van der Waals surface area contributed by atoms with E-state index >= 15 is 0 Å². The van der Waals surface area contributed by atoms with Crippen molar-refractivity contribution in [3.63, 3.8) is 0 Å². The molecule has 1 atom stereocenters. The van der Waals surface area contributed by atoms with Gasteiger partial charge >= 0.3 is 6.18 Å². The van der Waals surface area contributed by atoms with Crippen LogP contribution in [0.1, 0.15) is 81.4 Å². The summed E-state index contributed by atoms with van der Waals surface area (Å²) >= 11 is 0. The largest absolute Gasteiger partial charge is 0.508 e. The predicted octanol–water partition coefficient (Wildman–Crippen LogP) is 7.60. The summed E-state index contributed by atoms with van der Waals surface area (Å²) in [6.45, 7) is 2.50. The normalized spacial score (nSPS) is 15.2. The van der Waals surface area contributed by atoms with Crippen LogP contribution in [0.25, 0.3) is 11.1 Å². The van der Waals surface area contributed by atoms with E-state index in [0.717, 1.165) is 79.7 Å². The lowest BCUT2D eigenvalue weighted by molar-refractivity contribution is -0.129. The van der Waals surface area contributed by atoms with E-state index in [1.165, 1.54) is 6.07 Å². The van der Waals surface area contributed by atoms with Crippen molar-refractivity contribution in [3.05, 3.63) is 64.7 Å². The minimum Gasteiger partial charge on any atom is -0.508 e. The van der Waals surface area contributed by atoms with Gasteiger partial charge in [-0.05, 0) is 111 Å². The molecule has 0 fully saturated rings. The molecule has 2 N–H and O–H groups in total. The molecule has 2 aromatic rings. The van der Waals surface area contributed by atoms with Crippen LogP contribution >= 0.6 is 0 Å². The number of aryl methyl sites for hydroxylation is 1. The fourth-order valence-electron chi connectivity index (χ4n) is 5.10. The SMILES string of the molecule is CC(CCS(=O)(=O)CCC(F)(F)F)NCCCCCCC1=C(c2ccc(F)c(F)c2)CCCc2cc(O)ccc21. The number of phenols is 1. The highest BCUT2D eigenvalue weighted by molar-refractivity contribution is 7.91. The number of allylic oxidation sites excluding steroid dienone is 2. The third kappa shape index (κ3) is 10.2. The summed E-state index contributed by atoms with van der Waals surface area (Å²) in [5.74, 6) is -2.69. The molecule has 4 nitrogen and oxygen atoms in total. The van der Waals surface area contributed by atoms with Gasteiger partial charge in [0.2, 0.25) is 0 Å². The average Bonchev–Trinajstić information content (AvgIpc) is 3.06. The van der Waals surface area contributed by atoms with E-state index in [4.69, 9.17) is 0 Å². The molecule has 0 saturated heterocycles. The lowest BCUT2D eigenvalue weighted by atomic mass is 9.89. The molecule has 0 saturated carbocycles. The highest BCUT2D eigenvalue weighted by Gasteiger charge is 2.30. The first-order valence-corrected chi connectivity index (χ1v) is 15.7. The second-order valence-electron chi connectivity index (χ2n) is 10.6. The van der Waals surface area contributed by atoms with Crippen LogP contribution in [0.5, 0.6) is 5.75 Å². The molecule has 0 aromatic heterocycles. The van der Waals surface area contributed by atoms with E-state index in [1.54, 1.807) is 18.2 Å².